The molecule has 0 unspecified atom stereocenters. The molecule has 0 saturated carbocycles. The van der Waals surface area contributed by atoms with E-state index in [0.29, 0.717) is 6.07 Å². The van der Waals surface area contributed by atoms with Crippen molar-refractivity contribution in [3.8, 4) is 5.75 Å². The number of alkyl halides is 4. The van der Waals surface area contributed by atoms with Gasteiger partial charge in [-0.1, -0.05) is 0 Å². The number of ether oxygens (including phenoxy) is 1. The zero-order valence-corrected chi connectivity index (χ0v) is 9.90. The molecule has 110 valence electrons. The average Bonchev–Trinajstić information content (AvgIpc) is 2.29. The van der Waals surface area contributed by atoms with Crippen LogP contribution in [-0.2, 0) is 4.79 Å². The molecule has 0 spiro atoms. The van der Waals surface area contributed by atoms with Gasteiger partial charge in [-0.15, -0.1) is 0 Å². The van der Waals surface area contributed by atoms with Crippen molar-refractivity contribution >= 4 is 17.3 Å². The molecule has 0 heterocycles. The Morgan fingerprint density at radius 2 is 2.05 bits per heavy atom. The van der Waals surface area contributed by atoms with Crippen LogP contribution in [0.2, 0.25) is 0 Å². The molecule has 0 aromatic heterocycles. The van der Waals surface area contributed by atoms with Gasteiger partial charge in [-0.2, -0.15) is 17.6 Å². The minimum atomic E-state index is -4.77. The van der Waals surface area contributed by atoms with Gasteiger partial charge in [0.15, 0.2) is 0 Å². The molecule has 0 aliphatic carbocycles. The largest absolute Gasteiger partial charge is 0.461 e. The van der Waals surface area contributed by atoms with Crippen molar-refractivity contribution in [2.75, 3.05) is 5.32 Å². The number of rotatable bonds is 5. The lowest BCUT2D eigenvalue weighted by atomic mass is 10.2. The van der Waals surface area contributed by atoms with E-state index < -0.39 is 34.8 Å². The van der Waals surface area contributed by atoms with Gasteiger partial charge in [0.05, 0.1) is 11.0 Å². The molecular formula is C10H8F4N2O4. The van der Waals surface area contributed by atoms with Crippen molar-refractivity contribution in [2.45, 2.75) is 19.5 Å². The minimum absolute atomic E-state index is 0.268. The molecule has 0 saturated heterocycles. The molecule has 0 aliphatic heterocycles. The first-order valence-corrected chi connectivity index (χ1v) is 5.04. The highest BCUT2D eigenvalue weighted by molar-refractivity contribution is 5.91. The number of halogens is 4. The summed E-state index contributed by atoms with van der Waals surface area (Å²) < 4.78 is 52.9. The summed E-state index contributed by atoms with van der Waals surface area (Å²) in [6.45, 7) is 1.08. The molecule has 6 nitrogen and oxygen atoms in total. The minimum Gasteiger partial charge on any atom is -0.428 e. The third-order valence-corrected chi connectivity index (χ3v) is 1.98. The number of nitrogens with one attached hydrogen (secondary N) is 1. The van der Waals surface area contributed by atoms with E-state index >= 15 is 0 Å². The van der Waals surface area contributed by atoms with Crippen LogP contribution < -0.4 is 10.1 Å². The normalized spacial score (nSPS) is 11.3. The molecule has 1 N–H and O–H groups in total. The van der Waals surface area contributed by atoms with E-state index in [2.05, 4.69) is 10.1 Å². The van der Waals surface area contributed by atoms with Gasteiger partial charge in [0.2, 0.25) is 5.91 Å². The van der Waals surface area contributed by atoms with E-state index in [0.717, 1.165) is 19.1 Å². The van der Waals surface area contributed by atoms with Crippen LogP contribution in [0.3, 0.4) is 0 Å². The molecule has 1 aromatic carbocycles. The number of benzene rings is 1. The highest BCUT2D eigenvalue weighted by Crippen LogP contribution is 2.33. The van der Waals surface area contributed by atoms with E-state index in [9.17, 15) is 32.5 Å². The summed E-state index contributed by atoms with van der Waals surface area (Å²) in [5.41, 5.74) is -1.03. The van der Waals surface area contributed by atoms with Crippen molar-refractivity contribution in [1.82, 2.24) is 0 Å². The van der Waals surface area contributed by atoms with Crippen molar-refractivity contribution in [3.05, 3.63) is 28.3 Å². The molecule has 0 atom stereocenters. The molecule has 0 aliphatic rings. The van der Waals surface area contributed by atoms with E-state index in [4.69, 9.17) is 0 Å². The van der Waals surface area contributed by atoms with Crippen LogP contribution in [0, 0.1) is 10.1 Å². The van der Waals surface area contributed by atoms with Crippen LogP contribution in [0.15, 0.2) is 18.2 Å². The molecule has 0 fully saturated rings. The van der Waals surface area contributed by atoms with Gasteiger partial charge in [0.1, 0.15) is 11.4 Å². The smallest absolute Gasteiger partial charge is 0.428 e. The first kappa shape index (κ1) is 15.7. The zero-order valence-electron chi connectivity index (χ0n) is 9.90. The predicted octanol–water partition coefficient (Wildman–Crippen LogP) is 2.79. The Balaban J connectivity index is 3.11. The fourth-order valence-electron chi connectivity index (χ4n) is 1.22. The van der Waals surface area contributed by atoms with Gasteiger partial charge >= 0.3 is 12.5 Å². The number of nitro benzene ring substituents is 1. The Morgan fingerprint density at radius 3 is 2.50 bits per heavy atom. The molecule has 0 radical (unpaired) electrons. The third-order valence-electron chi connectivity index (χ3n) is 1.98. The summed E-state index contributed by atoms with van der Waals surface area (Å²) in [7, 11) is 0. The van der Waals surface area contributed by atoms with Crippen molar-refractivity contribution in [2.24, 2.45) is 0 Å². The molecule has 20 heavy (non-hydrogen) atoms. The second-order valence-corrected chi connectivity index (χ2v) is 3.58. The van der Waals surface area contributed by atoms with Gasteiger partial charge < -0.3 is 10.1 Å². The summed E-state index contributed by atoms with van der Waals surface area (Å²) in [4.78, 5) is 20.6. The van der Waals surface area contributed by atoms with E-state index in [1.165, 1.54) is 0 Å². The maximum Gasteiger partial charge on any atom is 0.461 e. The van der Waals surface area contributed by atoms with Crippen molar-refractivity contribution in [3.63, 3.8) is 0 Å². The monoisotopic (exact) mass is 296 g/mol. The molecular weight excluding hydrogens is 288 g/mol. The van der Waals surface area contributed by atoms with Gasteiger partial charge in [-0.05, 0) is 12.1 Å². The van der Waals surface area contributed by atoms with Crippen LogP contribution in [0.4, 0.5) is 28.9 Å². The predicted molar refractivity (Wildman–Crippen MR) is 59.0 cm³/mol. The summed E-state index contributed by atoms with van der Waals surface area (Å²) in [6.07, 6.45) is -8.86. The average molecular weight is 296 g/mol. The SMILES string of the molecule is CC(=O)Nc1ccc(OC(F)(F)C(F)F)cc1[N+](=O)[O-]. The van der Waals surface area contributed by atoms with Gasteiger partial charge in [-0.25, -0.2) is 0 Å². The Labute approximate surface area is 109 Å². The second kappa shape index (κ2) is 5.72. The molecule has 1 aromatic rings. The standard InChI is InChI=1S/C10H8F4N2O4/c1-5(17)15-7-3-2-6(4-8(7)16(18)19)20-10(13,14)9(11)12/h2-4,9H,1H3,(H,15,17). The van der Waals surface area contributed by atoms with E-state index in [1.54, 1.807) is 0 Å². The summed E-state index contributed by atoms with van der Waals surface area (Å²) in [6, 6.07) is 2.21. The van der Waals surface area contributed by atoms with Gasteiger partial charge in [0, 0.05) is 6.92 Å². The van der Waals surface area contributed by atoms with Gasteiger partial charge in [-0.3, -0.25) is 14.9 Å². The van der Waals surface area contributed by atoms with Crippen LogP contribution in [-0.4, -0.2) is 23.4 Å². The first-order valence-electron chi connectivity index (χ1n) is 5.04. The highest BCUT2D eigenvalue weighted by Gasteiger charge is 2.44. The Bertz CT molecular complexity index is 536. The summed E-state index contributed by atoms with van der Waals surface area (Å²) in [5.74, 6) is -1.45. The maximum atomic E-state index is 12.7. The Kier molecular flexibility index (Phi) is 4.48. The number of amides is 1. The number of carbonyl (C=O) groups excluding carboxylic acids is 1. The number of anilines is 1. The maximum absolute atomic E-state index is 12.7. The van der Waals surface area contributed by atoms with Crippen LogP contribution in [0.5, 0.6) is 5.75 Å². The number of carbonyl (C=O) groups is 1. The zero-order chi connectivity index (χ0) is 15.5. The lowest BCUT2D eigenvalue weighted by Crippen LogP contribution is -2.33. The van der Waals surface area contributed by atoms with Crippen LogP contribution in [0.25, 0.3) is 0 Å². The Hall–Kier alpha value is -2.39. The number of nitro groups is 1. The molecule has 1 rings (SSSR count). The fourth-order valence-corrected chi connectivity index (χ4v) is 1.22. The summed E-state index contributed by atoms with van der Waals surface area (Å²) in [5, 5.41) is 12.8. The van der Waals surface area contributed by atoms with Crippen molar-refractivity contribution in [1.29, 1.82) is 0 Å². The molecule has 10 heteroatoms. The lowest BCUT2D eigenvalue weighted by molar-refractivity contribution is -0.384. The van der Waals surface area contributed by atoms with Crippen LogP contribution >= 0.6 is 0 Å². The summed E-state index contributed by atoms with van der Waals surface area (Å²) >= 11 is 0. The topological polar surface area (TPSA) is 81.5 Å². The lowest BCUT2D eigenvalue weighted by Gasteiger charge is -2.16. The quantitative estimate of drug-likeness (QED) is 0.514. The fraction of sp³-hybridized carbons (Fsp3) is 0.300. The number of nitrogens with zero attached hydrogens (tertiary/aromatic N) is 1. The van der Waals surface area contributed by atoms with Crippen LogP contribution in [0.1, 0.15) is 6.92 Å². The van der Waals surface area contributed by atoms with E-state index in [-0.39, 0.29) is 5.69 Å². The number of hydrogen-bond donors (Lipinski definition) is 1. The Morgan fingerprint density at radius 1 is 1.45 bits per heavy atom. The first-order chi connectivity index (χ1) is 9.13. The van der Waals surface area contributed by atoms with Gasteiger partial charge in [0.25, 0.3) is 5.69 Å². The molecule has 0 bridgehead atoms. The molecule has 1 amide bonds. The third kappa shape index (κ3) is 3.80. The van der Waals surface area contributed by atoms with Crippen molar-refractivity contribution < 1.29 is 32.0 Å². The highest BCUT2D eigenvalue weighted by atomic mass is 19.3. The number of hydrogen-bond acceptors (Lipinski definition) is 4. The van der Waals surface area contributed by atoms with E-state index in [1.807, 2.05) is 0 Å². The second-order valence-electron chi connectivity index (χ2n) is 3.58.